The molecule has 0 saturated carbocycles. The Kier molecular flexibility index (Phi) is 5.63. The van der Waals surface area contributed by atoms with Crippen molar-refractivity contribution in [2.75, 3.05) is 38.3 Å². The van der Waals surface area contributed by atoms with Gasteiger partial charge in [0.15, 0.2) is 0 Å². The highest BCUT2D eigenvalue weighted by molar-refractivity contribution is 5.82. The van der Waals surface area contributed by atoms with Gasteiger partial charge in [0.25, 0.3) is 0 Å². The molecule has 0 aliphatic carbocycles. The van der Waals surface area contributed by atoms with E-state index in [1.807, 2.05) is 43.9 Å². The van der Waals surface area contributed by atoms with Gasteiger partial charge in [-0.1, -0.05) is 19.9 Å². The number of carbonyl (C=O) groups is 1. The van der Waals surface area contributed by atoms with Crippen molar-refractivity contribution in [3.05, 3.63) is 23.9 Å². The van der Waals surface area contributed by atoms with Crippen molar-refractivity contribution < 1.29 is 9.53 Å². The minimum atomic E-state index is -0.381. The minimum absolute atomic E-state index is 0.181. The number of pyridine rings is 1. The summed E-state index contributed by atoms with van der Waals surface area (Å²) >= 11 is 0. The molecule has 0 radical (unpaired) electrons. The van der Waals surface area contributed by atoms with Gasteiger partial charge in [0.1, 0.15) is 5.82 Å². The van der Waals surface area contributed by atoms with Gasteiger partial charge in [-0.25, -0.2) is 4.98 Å². The summed E-state index contributed by atoms with van der Waals surface area (Å²) in [4.78, 5) is 21.7. The lowest BCUT2D eigenvalue weighted by Crippen LogP contribution is -2.57. The molecule has 0 aromatic carbocycles. The molecule has 1 aliphatic heterocycles. The summed E-state index contributed by atoms with van der Waals surface area (Å²) in [6, 6.07) is 6.26. The van der Waals surface area contributed by atoms with Crippen LogP contribution >= 0.6 is 0 Å². The van der Waals surface area contributed by atoms with Crippen LogP contribution in [0, 0.1) is 12.3 Å². The number of anilines is 1. The average molecular weight is 319 g/mol. The second-order valence-electron chi connectivity index (χ2n) is 7.06. The maximum absolute atomic E-state index is 12.9. The summed E-state index contributed by atoms with van der Waals surface area (Å²) in [5, 5.41) is 0. The molecule has 1 aliphatic rings. The molecule has 0 bridgehead atoms. The number of rotatable bonds is 5. The van der Waals surface area contributed by atoms with Crippen LogP contribution in [0.25, 0.3) is 0 Å². The van der Waals surface area contributed by atoms with Crippen molar-refractivity contribution in [2.24, 2.45) is 5.41 Å². The number of aromatic nitrogens is 1. The number of aryl methyl sites for hydroxylation is 1. The van der Waals surface area contributed by atoms with Crippen molar-refractivity contribution in [1.82, 2.24) is 9.88 Å². The number of ether oxygens (including phenoxy) is 1. The van der Waals surface area contributed by atoms with Crippen molar-refractivity contribution in [3.63, 3.8) is 0 Å². The molecule has 1 unspecified atom stereocenters. The summed E-state index contributed by atoms with van der Waals surface area (Å²) in [6.07, 6.45) is 0.745. The Morgan fingerprint density at radius 3 is 2.74 bits per heavy atom. The largest absolute Gasteiger partial charge is 0.385 e. The second kappa shape index (κ2) is 7.30. The third-order valence-corrected chi connectivity index (χ3v) is 4.60. The molecule has 1 fully saturated rings. The first-order chi connectivity index (χ1) is 10.8. The zero-order valence-electron chi connectivity index (χ0n) is 15.0. The minimum Gasteiger partial charge on any atom is -0.385 e. The van der Waals surface area contributed by atoms with Gasteiger partial charge in [-0.2, -0.15) is 0 Å². The lowest BCUT2D eigenvalue weighted by molar-refractivity contribution is -0.143. The lowest BCUT2D eigenvalue weighted by Gasteiger charge is -2.43. The standard InChI is InChI=1S/C18H29N3O2/c1-14-7-6-8-16(19-14)20-10-11-21(15(2)13-20)17(22)18(3,4)9-12-23-5/h6-8,15H,9-13H2,1-5H3. The Bertz CT molecular complexity index is 545. The number of hydrogen-bond donors (Lipinski definition) is 0. The second-order valence-corrected chi connectivity index (χ2v) is 7.06. The van der Waals surface area contributed by atoms with Crippen LogP contribution in [0.3, 0.4) is 0 Å². The quantitative estimate of drug-likeness (QED) is 0.836. The number of hydrogen-bond acceptors (Lipinski definition) is 4. The molecule has 1 aromatic heterocycles. The number of methoxy groups -OCH3 is 1. The Morgan fingerprint density at radius 1 is 1.39 bits per heavy atom. The van der Waals surface area contributed by atoms with Gasteiger partial charge >= 0.3 is 0 Å². The van der Waals surface area contributed by atoms with E-state index < -0.39 is 0 Å². The van der Waals surface area contributed by atoms with Crippen LogP contribution in [0.4, 0.5) is 5.82 Å². The summed E-state index contributed by atoms with van der Waals surface area (Å²) in [5.41, 5.74) is 0.642. The Labute approximate surface area is 139 Å². The van der Waals surface area contributed by atoms with Gasteiger partial charge in [0.05, 0.1) is 0 Å². The third-order valence-electron chi connectivity index (χ3n) is 4.60. The van der Waals surface area contributed by atoms with Crippen LogP contribution in [0.15, 0.2) is 18.2 Å². The maximum atomic E-state index is 12.9. The van der Waals surface area contributed by atoms with Crippen LogP contribution in [-0.2, 0) is 9.53 Å². The molecule has 2 heterocycles. The number of carbonyl (C=O) groups excluding carboxylic acids is 1. The summed E-state index contributed by atoms with van der Waals surface area (Å²) in [5.74, 6) is 1.22. The number of amides is 1. The Hall–Kier alpha value is -1.62. The normalized spacial score (nSPS) is 19.1. The Balaban J connectivity index is 2.02. The average Bonchev–Trinajstić information content (AvgIpc) is 2.52. The maximum Gasteiger partial charge on any atom is 0.228 e. The zero-order valence-corrected chi connectivity index (χ0v) is 15.0. The molecule has 128 valence electrons. The highest BCUT2D eigenvalue weighted by Gasteiger charge is 2.36. The fourth-order valence-electron chi connectivity index (χ4n) is 3.03. The monoisotopic (exact) mass is 319 g/mol. The summed E-state index contributed by atoms with van der Waals surface area (Å²) < 4.78 is 5.14. The van der Waals surface area contributed by atoms with Gasteiger partial charge in [-0.3, -0.25) is 4.79 Å². The van der Waals surface area contributed by atoms with E-state index in [2.05, 4.69) is 16.8 Å². The van der Waals surface area contributed by atoms with E-state index in [0.29, 0.717) is 6.61 Å². The number of piperazine rings is 1. The smallest absolute Gasteiger partial charge is 0.228 e. The first kappa shape index (κ1) is 17.7. The van der Waals surface area contributed by atoms with E-state index >= 15 is 0 Å². The molecule has 1 atom stereocenters. The Morgan fingerprint density at radius 2 is 2.13 bits per heavy atom. The predicted molar refractivity (Wildman–Crippen MR) is 92.6 cm³/mol. The van der Waals surface area contributed by atoms with E-state index in [-0.39, 0.29) is 17.4 Å². The molecule has 1 aromatic rings. The third kappa shape index (κ3) is 4.22. The van der Waals surface area contributed by atoms with Gasteiger partial charge in [0, 0.05) is 50.5 Å². The van der Waals surface area contributed by atoms with Crippen LogP contribution in [-0.4, -0.2) is 55.2 Å². The van der Waals surface area contributed by atoms with Crippen molar-refractivity contribution >= 4 is 11.7 Å². The topological polar surface area (TPSA) is 45.7 Å². The molecule has 0 spiro atoms. The fraction of sp³-hybridized carbons (Fsp3) is 0.667. The van der Waals surface area contributed by atoms with E-state index in [0.717, 1.165) is 37.6 Å². The van der Waals surface area contributed by atoms with Crippen LogP contribution < -0.4 is 4.90 Å². The van der Waals surface area contributed by atoms with Crippen molar-refractivity contribution in [1.29, 1.82) is 0 Å². The number of nitrogens with zero attached hydrogens (tertiary/aromatic N) is 3. The SMILES string of the molecule is COCCC(C)(C)C(=O)N1CCN(c2cccc(C)n2)CC1C. The van der Waals surface area contributed by atoms with Gasteiger partial charge in [0.2, 0.25) is 5.91 Å². The van der Waals surface area contributed by atoms with Crippen LogP contribution in [0.1, 0.15) is 32.9 Å². The molecule has 0 N–H and O–H groups in total. The predicted octanol–water partition coefficient (Wildman–Crippen LogP) is 2.49. The van der Waals surface area contributed by atoms with E-state index in [9.17, 15) is 4.79 Å². The highest BCUT2D eigenvalue weighted by atomic mass is 16.5. The molecule has 2 rings (SSSR count). The molecular formula is C18H29N3O2. The van der Waals surface area contributed by atoms with Crippen molar-refractivity contribution in [2.45, 2.75) is 40.2 Å². The summed E-state index contributed by atoms with van der Waals surface area (Å²) in [7, 11) is 1.68. The van der Waals surface area contributed by atoms with Crippen LogP contribution in [0.2, 0.25) is 0 Å². The molecule has 5 heteroatoms. The zero-order chi connectivity index (χ0) is 17.0. The molecule has 5 nitrogen and oxygen atoms in total. The van der Waals surface area contributed by atoms with Crippen molar-refractivity contribution in [3.8, 4) is 0 Å². The van der Waals surface area contributed by atoms with E-state index in [1.54, 1.807) is 7.11 Å². The van der Waals surface area contributed by atoms with Gasteiger partial charge in [-0.15, -0.1) is 0 Å². The van der Waals surface area contributed by atoms with E-state index in [1.165, 1.54) is 0 Å². The molecular weight excluding hydrogens is 290 g/mol. The van der Waals surface area contributed by atoms with E-state index in [4.69, 9.17) is 4.74 Å². The summed E-state index contributed by atoms with van der Waals surface area (Å²) in [6.45, 7) is 11.1. The van der Waals surface area contributed by atoms with Crippen LogP contribution in [0.5, 0.6) is 0 Å². The lowest BCUT2D eigenvalue weighted by atomic mass is 9.87. The first-order valence-corrected chi connectivity index (χ1v) is 8.34. The highest BCUT2D eigenvalue weighted by Crippen LogP contribution is 2.27. The van der Waals surface area contributed by atoms with Gasteiger partial charge in [-0.05, 0) is 32.4 Å². The fourth-order valence-corrected chi connectivity index (χ4v) is 3.03. The molecule has 1 saturated heterocycles. The molecule has 23 heavy (non-hydrogen) atoms. The first-order valence-electron chi connectivity index (χ1n) is 8.34. The molecule has 1 amide bonds. The van der Waals surface area contributed by atoms with Gasteiger partial charge < -0.3 is 14.5 Å².